The van der Waals surface area contributed by atoms with Gasteiger partial charge in [-0.2, -0.15) is 0 Å². The Kier molecular flexibility index (Phi) is 2.97. The summed E-state index contributed by atoms with van der Waals surface area (Å²) in [5.74, 6) is 1.71. The zero-order chi connectivity index (χ0) is 11.7. The summed E-state index contributed by atoms with van der Waals surface area (Å²) >= 11 is 6.14. The summed E-state index contributed by atoms with van der Waals surface area (Å²) in [6.45, 7) is 0. The van der Waals surface area contributed by atoms with Gasteiger partial charge >= 0.3 is 0 Å². The molecule has 0 bridgehead atoms. The zero-order valence-electron chi connectivity index (χ0n) is 9.64. The number of nitrogens with zero attached hydrogens (tertiary/aromatic N) is 4. The minimum Gasteiger partial charge on any atom is -0.266 e. The van der Waals surface area contributed by atoms with Crippen LogP contribution in [0.5, 0.6) is 0 Å². The molecule has 0 amide bonds. The average molecular weight is 251 g/mol. The van der Waals surface area contributed by atoms with Crippen molar-refractivity contribution in [1.82, 2.24) is 19.6 Å². The molecule has 0 radical (unpaired) electrons. The molecule has 0 N–H and O–H groups in total. The summed E-state index contributed by atoms with van der Waals surface area (Å²) in [7, 11) is 0. The first kappa shape index (κ1) is 11.0. The van der Waals surface area contributed by atoms with Crippen molar-refractivity contribution in [2.45, 2.75) is 38.5 Å². The van der Waals surface area contributed by atoms with E-state index in [2.05, 4.69) is 15.2 Å². The first-order valence-corrected chi connectivity index (χ1v) is 6.56. The Labute approximate surface area is 105 Å². The van der Waals surface area contributed by atoms with Gasteiger partial charge in [0.15, 0.2) is 5.65 Å². The number of halogens is 1. The number of hydrogen-bond donors (Lipinski definition) is 0. The lowest BCUT2D eigenvalue weighted by Gasteiger charge is -2.20. The molecular weight excluding hydrogens is 236 g/mol. The van der Waals surface area contributed by atoms with Crippen LogP contribution in [0.2, 0.25) is 5.15 Å². The normalized spacial score (nSPS) is 17.7. The maximum Gasteiger partial charge on any atom is 0.180 e. The van der Waals surface area contributed by atoms with Gasteiger partial charge < -0.3 is 0 Å². The molecule has 3 rings (SSSR count). The molecule has 2 heterocycles. The predicted octanol–water partition coefficient (Wildman–Crippen LogP) is 2.90. The first-order chi connectivity index (χ1) is 8.34. The Balaban J connectivity index is 1.89. The van der Waals surface area contributed by atoms with Crippen molar-refractivity contribution >= 4 is 17.2 Å². The number of fused-ring (bicyclic) bond motifs is 1. The fraction of sp³-hybridized carbons (Fsp3) is 0.583. The Bertz CT molecular complexity index is 516. The minimum atomic E-state index is 0.596. The summed E-state index contributed by atoms with van der Waals surface area (Å²) < 4.78 is 1.91. The van der Waals surface area contributed by atoms with Gasteiger partial charge in [0.05, 0.1) is 12.4 Å². The summed E-state index contributed by atoms with van der Waals surface area (Å²) in [5, 5.41) is 8.95. The van der Waals surface area contributed by atoms with Gasteiger partial charge in [0, 0.05) is 6.42 Å². The monoisotopic (exact) mass is 250 g/mol. The molecule has 4 nitrogen and oxygen atoms in total. The van der Waals surface area contributed by atoms with Crippen LogP contribution in [0, 0.1) is 5.92 Å². The molecule has 90 valence electrons. The van der Waals surface area contributed by atoms with Crippen LogP contribution in [-0.2, 0) is 6.42 Å². The highest BCUT2D eigenvalue weighted by atomic mass is 35.5. The van der Waals surface area contributed by atoms with Crippen molar-refractivity contribution in [3.05, 3.63) is 23.4 Å². The highest BCUT2D eigenvalue weighted by molar-refractivity contribution is 6.29. The van der Waals surface area contributed by atoms with E-state index in [1.807, 2.05) is 4.40 Å². The van der Waals surface area contributed by atoms with Crippen molar-refractivity contribution in [2.24, 2.45) is 5.92 Å². The van der Waals surface area contributed by atoms with Gasteiger partial charge in [0.2, 0.25) is 0 Å². The van der Waals surface area contributed by atoms with Gasteiger partial charge in [-0.15, -0.1) is 10.2 Å². The standard InChI is InChI=1S/C12H15ClN4/c13-10-7-14-8-12-16-15-11(17(10)12)6-9-4-2-1-3-5-9/h7-9H,1-6H2. The van der Waals surface area contributed by atoms with Crippen LogP contribution < -0.4 is 0 Å². The molecule has 2 aromatic rings. The quantitative estimate of drug-likeness (QED) is 0.823. The number of hydrogen-bond acceptors (Lipinski definition) is 3. The molecule has 0 spiro atoms. The van der Waals surface area contributed by atoms with E-state index in [1.54, 1.807) is 12.4 Å². The molecule has 2 aromatic heterocycles. The van der Waals surface area contributed by atoms with E-state index in [1.165, 1.54) is 32.1 Å². The Morgan fingerprint density at radius 2 is 2.00 bits per heavy atom. The van der Waals surface area contributed by atoms with Crippen molar-refractivity contribution in [3.63, 3.8) is 0 Å². The molecule has 0 atom stereocenters. The van der Waals surface area contributed by atoms with Crippen molar-refractivity contribution in [1.29, 1.82) is 0 Å². The smallest absolute Gasteiger partial charge is 0.180 e. The van der Waals surface area contributed by atoms with E-state index in [4.69, 9.17) is 11.6 Å². The highest BCUT2D eigenvalue weighted by Gasteiger charge is 2.17. The van der Waals surface area contributed by atoms with Gasteiger partial charge in [0.1, 0.15) is 11.0 Å². The van der Waals surface area contributed by atoms with Crippen LogP contribution in [0.3, 0.4) is 0 Å². The van der Waals surface area contributed by atoms with Gasteiger partial charge in [0.25, 0.3) is 0 Å². The summed E-state index contributed by atoms with van der Waals surface area (Å²) in [4.78, 5) is 4.02. The molecular formula is C12H15ClN4. The first-order valence-electron chi connectivity index (χ1n) is 6.18. The fourth-order valence-electron chi connectivity index (χ4n) is 2.65. The molecule has 0 aliphatic heterocycles. The summed E-state index contributed by atoms with van der Waals surface area (Å²) in [5.41, 5.74) is 0.739. The third kappa shape index (κ3) is 2.14. The number of aromatic nitrogens is 4. The highest BCUT2D eigenvalue weighted by Crippen LogP contribution is 2.27. The van der Waals surface area contributed by atoms with Crippen molar-refractivity contribution < 1.29 is 0 Å². The van der Waals surface area contributed by atoms with E-state index in [0.29, 0.717) is 5.15 Å². The fourth-order valence-corrected chi connectivity index (χ4v) is 2.89. The lowest BCUT2D eigenvalue weighted by molar-refractivity contribution is 0.351. The van der Waals surface area contributed by atoms with Crippen molar-refractivity contribution in [2.75, 3.05) is 0 Å². The second-order valence-corrected chi connectivity index (χ2v) is 5.14. The van der Waals surface area contributed by atoms with Crippen LogP contribution in [-0.4, -0.2) is 19.6 Å². The minimum absolute atomic E-state index is 0.596. The maximum atomic E-state index is 6.14. The average Bonchev–Trinajstić information content (AvgIpc) is 2.75. The van der Waals surface area contributed by atoms with Crippen LogP contribution in [0.25, 0.3) is 5.65 Å². The Hall–Kier alpha value is -1.16. The Morgan fingerprint density at radius 1 is 1.18 bits per heavy atom. The third-order valence-corrected chi connectivity index (χ3v) is 3.80. The SMILES string of the molecule is Clc1cncc2nnc(CC3CCCCC3)n12. The molecule has 1 aliphatic carbocycles. The third-order valence-electron chi connectivity index (χ3n) is 3.54. The molecule has 0 saturated heterocycles. The van der Waals surface area contributed by atoms with Crippen LogP contribution in [0.4, 0.5) is 0 Å². The topological polar surface area (TPSA) is 43.1 Å². The van der Waals surface area contributed by atoms with Gasteiger partial charge in [-0.3, -0.25) is 9.38 Å². The maximum absolute atomic E-state index is 6.14. The van der Waals surface area contributed by atoms with E-state index in [9.17, 15) is 0 Å². The van der Waals surface area contributed by atoms with E-state index < -0.39 is 0 Å². The molecule has 1 fully saturated rings. The van der Waals surface area contributed by atoms with E-state index in [-0.39, 0.29) is 0 Å². The lowest BCUT2D eigenvalue weighted by atomic mass is 9.87. The van der Waals surface area contributed by atoms with Crippen LogP contribution in [0.1, 0.15) is 37.9 Å². The predicted molar refractivity (Wildman–Crippen MR) is 66.1 cm³/mol. The van der Waals surface area contributed by atoms with E-state index >= 15 is 0 Å². The van der Waals surface area contributed by atoms with E-state index in [0.717, 1.165) is 23.8 Å². The lowest BCUT2D eigenvalue weighted by Crippen LogP contribution is -2.11. The summed E-state index contributed by atoms with van der Waals surface area (Å²) in [6, 6.07) is 0. The van der Waals surface area contributed by atoms with Gasteiger partial charge in [-0.1, -0.05) is 43.7 Å². The van der Waals surface area contributed by atoms with Crippen LogP contribution in [0.15, 0.2) is 12.4 Å². The molecule has 1 saturated carbocycles. The Morgan fingerprint density at radius 3 is 2.82 bits per heavy atom. The summed E-state index contributed by atoms with van der Waals surface area (Å²) in [6.07, 6.45) is 11.0. The molecule has 0 unspecified atom stereocenters. The van der Waals surface area contributed by atoms with Gasteiger partial charge in [-0.25, -0.2) is 0 Å². The van der Waals surface area contributed by atoms with Crippen molar-refractivity contribution in [3.8, 4) is 0 Å². The zero-order valence-corrected chi connectivity index (χ0v) is 10.4. The molecule has 0 aromatic carbocycles. The second kappa shape index (κ2) is 4.61. The second-order valence-electron chi connectivity index (χ2n) is 4.75. The molecule has 1 aliphatic rings. The molecule has 5 heteroatoms. The number of rotatable bonds is 2. The largest absolute Gasteiger partial charge is 0.266 e. The van der Waals surface area contributed by atoms with Gasteiger partial charge in [-0.05, 0) is 5.92 Å². The molecule has 17 heavy (non-hydrogen) atoms. The van der Waals surface area contributed by atoms with Crippen LogP contribution >= 0.6 is 11.6 Å².